The third-order valence-electron chi connectivity index (χ3n) is 2.44. The first-order valence-electron chi connectivity index (χ1n) is 5.44. The summed E-state index contributed by atoms with van der Waals surface area (Å²) in [7, 11) is 0. The fraction of sp³-hybridized carbons (Fsp3) is 0.167. The lowest BCUT2D eigenvalue weighted by Gasteiger charge is -2.08. The van der Waals surface area contributed by atoms with Crippen molar-refractivity contribution in [2.24, 2.45) is 0 Å². The molecule has 0 aliphatic heterocycles. The van der Waals surface area contributed by atoms with Crippen molar-refractivity contribution >= 4 is 11.6 Å². The molecule has 19 heavy (non-hydrogen) atoms. The number of halogens is 3. The lowest BCUT2D eigenvalue weighted by molar-refractivity contribution is -0.137. The van der Waals surface area contributed by atoms with Crippen LogP contribution in [0.15, 0.2) is 36.4 Å². The molecule has 3 N–H and O–H groups in total. The van der Waals surface area contributed by atoms with Gasteiger partial charge < -0.3 is 11.1 Å². The predicted molar refractivity (Wildman–Crippen MR) is 65.2 cm³/mol. The molecule has 0 saturated carbocycles. The molecule has 0 spiro atoms. The zero-order valence-electron chi connectivity index (χ0n) is 9.78. The molecule has 0 aliphatic carbocycles. The largest absolute Gasteiger partial charge is 0.416 e. The van der Waals surface area contributed by atoms with E-state index in [0.717, 1.165) is 12.1 Å². The van der Waals surface area contributed by atoms with Gasteiger partial charge in [0.25, 0.3) is 0 Å². The molecule has 1 heterocycles. The maximum Gasteiger partial charge on any atom is 0.416 e. The summed E-state index contributed by atoms with van der Waals surface area (Å²) in [5.74, 6) is 0.814. The molecule has 2 rings (SSSR count). The number of hydrogen-bond acceptors (Lipinski definition) is 4. The van der Waals surface area contributed by atoms with Gasteiger partial charge in [0.05, 0.1) is 5.56 Å². The Morgan fingerprint density at radius 2 is 1.68 bits per heavy atom. The highest BCUT2D eigenvalue weighted by atomic mass is 19.4. The molecule has 0 fully saturated rings. The van der Waals surface area contributed by atoms with Crippen LogP contribution < -0.4 is 11.1 Å². The summed E-state index contributed by atoms with van der Waals surface area (Å²) in [5, 5.41) is 10.4. The van der Waals surface area contributed by atoms with E-state index in [4.69, 9.17) is 5.73 Å². The molecule has 0 amide bonds. The van der Waals surface area contributed by atoms with Crippen molar-refractivity contribution in [2.45, 2.75) is 12.7 Å². The van der Waals surface area contributed by atoms with Crippen LogP contribution in [0.3, 0.4) is 0 Å². The number of anilines is 2. The van der Waals surface area contributed by atoms with Gasteiger partial charge in [-0.1, -0.05) is 12.1 Å². The van der Waals surface area contributed by atoms with Crippen LogP contribution in [0, 0.1) is 0 Å². The summed E-state index contributed by atoms with van der Waals surface area (Å²) < 4.78 is 37.1. The van der Waals surface area contributed by atoms with Crippen LogP contribution in [0.5, 0.6) is 0 Å². The first-order chi connectivity index (χ1) is 8.95. The Kier molecular flexibility index (Phi) is 3.55. The second kappa shape index (κ2) is 5.13. The Hall–Kier alpha value is -2.31. The molecule has 0 radical (unpaired) electrons. The number of aromatic nitrogens is 2. The SMILES string of the molecule is Nc1ccc(NCc2ccc(C(F)(F)F)cc2)nn1. The molecule has 0 aliphatic rings. The van der Waals surface area contributed by atoms with Crippen molar-refractivity contribution in [3.63, 3.8) is 0 Å². The molecule has 1 aromatic heterocycles. The summed E-state index contributed by atoms with van der Waals surface area (Å²) in [6.45, 7) is 0.358. The quantitative estimate of drug-likeness (QED) is 0.898. The number of alkyl halides is 3. The highest BCUT2D eigenvalue weighted by molar-refractivity contribution is 5.39. The van der Waals surface area contributed by atoms with E-state index in [1.54, 1.807) is 12.1 Å². The molecule has 0 bridgehead atoms. The molecule has 0 atom stereocenters. The van der Waals surface area contributed by atoms with Gasteiger partial charge in [-0.3, -0.25) is 0 Å². The van der Waals surface area contributed by atoms with E-state index in [1.807, 2.05) is 0 Å². The lowest BCUT2D eigenvalue weighted by Crippen LogP contribution is -2.06. The molecular weight excluding hydrogens is 257 g/mol. The first kappa shape index (κ1) is 13.1. The van der Waals surface area contributed by atoms with Crippen molar-refractivity contribution < 1.29 is 13.2 Å². The number of nitrogens with two attached hydrogens (primary N) is 1. The zero-order valence-corrected chi connectivity index (χ0v) is 9.78. The van der Waals surface area contributed by atoms with Crippen LogP contribution in [0.2, 0.25) is 0 Å². The summed E-state index contributed by atoms with van der Waals surface area (Å²) in [6.07, 6.45) is -4.31. The van der Waals surface area contributed by atoms with Gasteiger partial charge in [0.15, 0.2) is 0 Å². The normalized spacial score (nSPS) is 11.3. The van der Waals surface area contributed by atoms with E-state index < -0.39 is 11.7 Å². The highest BCUT2D eigenvalue weighted by Gasteiger charge is 2.29. The van der Waals surface area contributed by atoms with Gasteiger partial charge in [-0.05, 0) is 29.8 Å². The minimum Gasteiger partial charge on any atom is -0.382 e. The number of nitrogen functional groups attached to an aromatic ring is 1. The third kappa shape index (κ3) is 3.57. The number of nitrogens with zero attached hydrogens (tertiary/aromatic N) is 2. The highest BCUT2D eigenvalue weighted by Crippen LogP contribution is 2.29. The number of rotatable bonds is 3. The number of hydrogen-bond donors (Lipinski definition) is 2. The van der Waals surface area contributed by atoms with Gasteiger partial charge >= 0.3 is 6.18 Å². The van der Waals surface area contributed by atoms with Crippen molar-refractivity contribution in [2.75, 3.05) is 11.1 Å². The average Bonchev–Trinajstić information content (AvgIpc) is 2.37. The van der Waals surface area contributed by atoms with Crippen molar-refractivity contribution in [1.29, 1.82) is 0 Å². The Labute approximate surface area is 107 Å². The van der Waals surface area contributed by atoms with Crippen LogP contribution in [0.25, 0.3) is 0 Å². The smallest absolute Gasteiger partial charge is 0.382 e. The summed E-state index contributed by atoms with van der Waals surface area (Å²) >= 11 is 0. The molecule has 1 aromatic carbocycles. The van der Waals surface area contributed by atoms with Gasteiger partial charge in [-0.25, -0.2) is 0 Å². The van der Waals surface area contributed by atoms with E-state index in [9.17, 15) is 13.2 Å². The Morgan fingerprint density at radius 1 is 1.00 bits per heavy atom. The van der Waals surface area contributed by atoms with E-state index in [-0.39, 0.29) is 0 Å². The van der Waals surface area contributed by atoms with Crippen LogP contribution in [-0.2, 0) is 12.7 Å². The van der Waals surface area contributed by atoms with Crippen LogP contribution in [-0.4, -0.2) is 10.2 Å². The van der Waals surface area contributed by atoms with Crippen LogP contribution in [0.4, 0.5) is 24.8 Å². The molecule has 100 valence electrons. The van der Waals surface area contributed by atoms with Gasteiger partial charge in [0, 0.05) is 6.54 Å². The monoisotopic (exact) mass is 268 g/mol. The average molecular weight is 268 g/mol. The molecule has 0 saturated heterocycles. The first-order valence-corrected chi connectivity index (χ1v) is 5.44. The van der Waals surface area contributed by atoms with Gasteiger partial charge in [0.2, 0.25) is 0 Å². The second-order valence-electron chi connectivity index (χ2n) is 3.89. The second-order valence-corrected chi connectivity index (χ2v) is 3.89. The van der Waals surface area contributed by atoms with Crippen LogP contribution in [0.1, 0.15) is 11.1 Å². The topological polar surface area (TPSA) is 63.8 Å². The maximum atomic E-state index is 12.4. The lowest BCUT2D eigenvalue weighted by atomic mass is 10.1. The minimum atomic E-state index is -4.31. The number of benzene rings is 1. The van der Waals surface area contributed by atoms with E-state index in [2.05, 4.69) is 15.5 Å². The molecule has 7 heteroatoms. The van der Waals surface area contributed by atoms with Crippen molar-refractivity contribution in [3.8, 4) is 0 Å². The molecule has 2 aromatic rings. The fourth-order valence-corrected chi connectivity index (χ4v) is 1.44. The van der Waals surface area contributed by atoms with E-state index in [1.165, 1.54) is 12.1 Å². The molecule has 0 unspecified atom stereocenters. The van der Waals surface area contributed by atoms with Crippen molar-refractivity contribution in [3.05, 3.63) is 47.5 Å². The summed E-state index contributed by atoms with van der Waals surface area (Å²) in [4.78, 5) is 0. The van der Waals surface area contributed by atoms with Crippen LogP contribution >= 0.6 is 0 Å². The predicted octanol–water partition coefficient (Wildman–Crippen LogP) is 2.69. The standard InChI is InChI=1S/C12H11F3N4/c13-12(14,15)9-3-1-8(2-4-9)7-17-11-6-5-10(16)18-19-11/h1-6H,7H2,(H2,16,18)(H,17,19). The van der Waals surface area contributed by atoms with Gasteiger partial charge in [0.1, 0.15) is 11.6 Å². The minimum absolute atomic E-state index is 0.306. The third-order valence-corrected chi connectivity index (χ3v) is 2.44. The summed E-state index contributed by atoms with van der Waals surface area (Å²) in [6, 6.07) is 8.16. The van der Waals surface area contributed by atoms with Gasteiger partial charge in [-0.15, -0.1) is 10.2 Å². The Morgan fingerprint density at radius 3 is 2.21 bits per heavy atom. The maximum absolute atomic E-state index is 12.4. The fourth-order valence-electron chi connectivity index (χ4n) is 1.44. The van der Waals surface area contributed by atoms with E-state index in [0.29, 0.717) is 23.7 Å². The zero-order chi connectivity index (χ0) is 13.9. The van der Waals surface area contributed by atoms with Gasteiger partial charge in [-0.2, -0.15) is 13.2 Å². The molecule has 4 nitrogen and oxygen atoms in total. The molecular formula is C12H11F3N4. The van der Waals surface area contributed by atoms with Crippen molar-refractivity contribution in [1.82, 2.24) is 10.2 Å². The Bertz CT molecular complexity index is 534. The number of nitrogens with one attached hydrogen (secondary N) is 1. The van der Waals surface area contributed by atoms with E-state index >= 15 is 0 Å². The Balaban J connectivity index is 1.98. The summed E-state index contributed by atoms with van der Waals surface area (Å²) in [5.41, 5.74) is 5.43.